The molecular formula is C16H20N4O3S2. The number of nitrogens with zero attached hydrogens (tertiary/aromatic N) is 3. The van der Waals surface area contributed by atoms with E-state index in [0.717, 1.165) is 22.9 Å². The molecule has 0 unspecified atom stereocenters. The highest BCUT2D eigenvalue weighted by molar-refractivity contribution is 7.89. The van der Waals surface area contributed by atoms with Crippen molar-refractivity contribution in [3.63, 3.8) is 0 Å². The number of aryl methyl sites for hydroxylation is 1. The number of carbonyl (C=O) groups is 1. The monoisotopic (exact) mass is 380 g/mol. The van der Waals surface area contributed by atoms with Gasteiger partial charge in [-0.25, -0.2) is 8.42 Å². The molecule has 2 heterocycles. The maximum absolute atomic E-state index is 12.9. The summed E-state index contributed by atoms with van der Waals surface area (Å²) in [5.74, 6) is -0.102. The highest BCUT2D eigenvalue weighted by Gasteiger charge is 2.32. The third-order valence-electron chi connectivity index (χ3n) is 4.09. The van der Waals surface area contributed by atoms with Crippen LogP contribution < -0.4 is 5.32 Å². The van der Waals surface area contributed by atoms with Gasteiger partial charge in [0.15, 0.2) is 0 Å². The second kappa shape index (κ2) is 7.19. The van der Waals surface area contributed by atoms with Crippen LogP contribution in [0.2, 0.25) is 0 Å². The lowest BCUT2D eigenvalue weighted by atomic mass is 10.0. The summed E-state index contributed by atoms with van der Waals surface area (Å²) in [6.07, 6.45) is 1.72. The summed E-state index contributed by atoms with van der Waals surface area (Å²) < 4.78 is 27.3. The molecule has 1 aliphatic rings. The normalized spacial score (nSPS) is 18.9. The van der Waals surface area contributed by atoms with Crippen LogP contribution >= 0.6 is 11.3 Å². The summed E-state index contributed by atoms with van der Waals surface area (Å²) in [6.45, 7) is 4.23. The molecule has 25 heavy (non-hydrogen) atoms. The van der Waals surface area contributed by atoms with Gasteiger partial charge in [0.2, 0.25) is 15.9 Å². The van der Waals surface area contributed by atoms with Gasteiger partial charge >= 0.3 is 0 Å². The van der Waals surface area contributed by atoms with E-state index in [2.05, 4.69) is 15.5 Å². The average molecular weight is 380 g/mol. The summed E-state index contributed by atoms with van der Waals surface area (Å²) in [5.41, 5.74) is 0.576. The number of hydrogen-bond acceptors (Lipinski definition) is 6. The van der Waals surface area contributed by atoms with Crippen LogP contribution in [0.4, 0.5) is 5.69 Å². The van der Waals surface area contributed by atoms with E-state index >= 15 is 0 Å². The number of anilines is 1. The number of nitrogens with one attached hydrogen (secondary N) is 1. The smallest absolute Gasteiger partial charge is 0.243 e. The minimum Gasteiger partial charge on any atom is -0.326 e. The Balaban J connectivity index is 1.78. The number of rotatable bonds is 4. The molecule has 0 spiro atoms. The number of piperidine rings is 1. The fourth-order valence-electron chi connectivity index (χ4n) is 2.90. The first-order valence-corrected chi connectivity index (χ1v) is 10.3. The first-order chi connectivity index (χ1) is 11.9. The van der Waals surface area contributed by atoms with E-state index in [0.29, 0.717) is 18.8 Å². The Morgan fingerprint density at radius 2 is 2.00 bits per heavy atom. The Morgan fingerprint density at radius 1 is 1.28 bits per heavy atom. The number of hydrogen-bond donors (Lipinski definition) is 1. The van der Waals surface area contributed by atoms with E-state index in [1.54, 1.807) is 12.1 Å². The first kappa shape index (κ1) is 18.0. The van der Waals surface area contributed by atoms with E-state index in [1.807, 2.05) is 6.92 Å². The minimum absolute atomic E-state index is 0.0911. The van der Waals surface area contributed by atoms with Crippen molar-refractivity contribution in [1.82, 2.24) is 14.5 Å². The molecule has 1 atom stereocenters. The fraction of sp³-hybridized carbons (Fsp3) is 0.438. The molecule has 1 fully saturated rings. The largest absolute Gasteiger partial charge is 0.326 e. The molecule has 1 aromatic heterocycles. The maximum Gasteiger partial charge on any atom is 0.243 e. The number of amides is 1. The van der Waals surface area contributed by atoms with Crippen LogP contribution in [0.1, 0.15) is 35.7 Å². The van der Waals surface area contributed by atoms with Crippen molar-refractivity contribution < 1.29 is 13.2 Å². The van der Waals surface area contributed by atoms with Crippen molar-refractivity contribution in [1.29, 1.82) is 0 Å². The van der Waals surface area contributed by atoms with Gasteiger partial charge in [-0.3, -0.25) is 4.79 Å². The zero-order chi connectivity index (χ0) is 18.0. The molecule has 1 amide bonds. The van der Waals surface area contributed by atoms with Crippen LogP contribution in [-0.2, 0) is 14.8 Å². The third kappa shape index (κ3) is 4.05. The molecule has 0 aliphatic carbocycles. The van der Waals surface area contributed by atoms with Gasteiger partial charge in [-0.05, 0) is 44.0 Å². The standard InChI is InChI=1S/C16H20N4O3S2/c1-11(21)17-14-5-7-15(8-6-14)25(22,23)20-9-3-4-13(10-20)16-19-18-12(2)24-16/h5-8,13H,3-4,9-10H2,1-2H3,(H,17,21)/t13-/m0/s1. The predicted octanol–water partition coefficient (Wildman–Crippen LogP) is 2.37. The topological polar surface area (TPSA) is 92.3 Å². The Morgan fingerprint density at radius 3 is 2.60 bits per heavy atom. The summed E-state index contributed by atoms with van der Waals surface area (Å²) in [5, 5.41) is 12.6. The van der Waals surface area contributed by atoms with Crippen LogP contribution in [-0.4, -0.2) is 41.9 Å². The van der Waals surface area contributed by atoms with E-state index in [-0.39, 0.29) is 16.7 Å². The summed E-state index contributed by atoms with van der Waals surface area (Å²) in [7, 11) is -3.56. The molecule has 0 bridgehead atoms. The predicted molar refractivity (Wildman–Crippen MR) is 96.1 cm³/mol. The van der Waals surface area contributed by atoms with E-state index in [1.165, 1.54) is 34.7 Å². The van der Waals surface area contributed by atoms with Gasteiger partial charge in [0.25, 0.3) is 0 Å². The number of benzene rings is 1. The maximum atomic E-state index is 12.9. The van der Waals surface area contributed by atoms with E-state index < -0.39 is 10.0 Å². The number of sulfonamides is 1. The van der Waals surface area contributed by atoms with E-state index in [4.69, 9.17) is 0 Å². The van der Waals surface area contributed by atoms with Gasteiger partial charge in [0, 0.05) is 31.6 Å². The molecular weight excluding hydrogens is 360 g/mol. The Kier molecular flexibility index (Phi) is 5.16. The lowest BCUT2D eigenvalue weighted by Gasteiger charge is -2.30. The zero-order valence-electron chi connectivity index (χ0n) is 14.1. The minimum atomic E-state index is -3.56. The molecule has 1 N–H and O–H groups in total. The van der Waals surface area contributed by atoms with Crippen LogP contribution in [0.3, 0.4) is 0 Å². The highest BCUT2D eigenvalue weighted by atomic mass is 32.2. The lowest BCUT2D eigenvalue weighted by molar-refractivity contribution is -0.114. The molecule has 0 saturated carbocycles. The van der Waals surface area contributed by atoms with Crippen molar-refractivity contribution in [2.24, 2.45) is 0 Å². The molecule has 7 nitrogen and oxygen atoms in total. The molecule has 1 saturated heterocycles. The van der Waals surface area contributed by atoms with Crippen LogP contribution in [0.15, 0.2) is 29.2 Å². The van der Waals surface area contributed by atoms with Gasteiger partial charge in [0.05, 0.1) is 4.90 Å². The molecule has 2 aromatic rings. The van der Waals surface area contributed by atoms with Crippen molar-refractivity contribution in [2.75, 3.05) is 18.4 Å². The molecule has 3 rings (SSSR count). The van der Waals surface area contributed by atoms with Crippen LogP contribution in [0.5, 0.6) is 0 Å². The van der Waals surface area contributed by atoms with Gasteiger partial charge < -0.3 is 5.32 Å². The SMILES string of the molecule is CC(=O)Nc1ccc(S(=O)(=O)N2CCC[C@H](c3nnc(C)s3)C2)cc1. The molecule has 1 aromatic carbocycles. The molecule has 134 valence electrons. The number of aromatic nitrogens is 2. The summed E-state index contributed by atoms with van der Waals surface area (Å²) in [4.78, 5) is 11.3. The average Bonchev–Trinajstić information content (AvgIpc) is 3.01. The van der Waals surface area contributed by atoms with Crippen molar-refractivity contribution >= 4 is 33.0 Å². The lowest BCUT2D eigenvalue weighted by Crippen LogP contribution is -2.39. The Bertz CT molecular complexity index is 862. The van der Waals surface area contributed by atoms with Crippen LogP contribution in [0.25, 0.3) is 0 Å². The zero-order valence-corrected chi connectivity index (χ0v) is 15.7. The van der Waals surface area contributed by atoms with Gasteiger partial charge in [-0.15, -0.1) is 21.5 Å². The number of carbonyl (C=O) groups excluding carboxylic acids is 1. The second-order valence-electron chi connectivity index (χ2n) is 6.07. The molecule has 9 heteroatoms. The Hall–Kier alpha value is -1.84. The summed E-state index contributed by atoms with van der Waals surface area (Å²) >= 11 is 1.53. The first-order valence-electron chi connectivity index (χ1n) is 8.04. The van der Waals surface area contributed by atoms with Crippen molar-refractivity contribution in [3.8, 4) is 0 Å². The quantitative estimate of drug-likeness (QED) is 0.879. The molecule has 0 radical (unpaired) electrons. The fourth-order valence-corrected chi connectivity index (χ4v) is 5.25. The Labute approximate surface area is 151 Å². The third-order valence-corrected chi connectivity index (χ3v) is 6.97. The van der Waals surface area contributed by atoms with Crippen molar-refractivity contribution in [3.05, 3.63) is 34.3 Å². The highest BCUT2D eigenvalue weighted by Crippen LogP contribution is 2.31. The van der Waals surface area contributed by atoms with Gasteiger partial charge in [-0.1, -0.05) is 0 Å². The molecule has 1 aliphatic heterocycles. The van der Waals surface area contributed by atoms with Gasteiger partial charge in [-0.2, -0.15) is 4.31 Å². The van der Waals surface area contributed by atoms with Crippen molar-refractivity contribution in [2.45, 2.75) is 37.5 Å². The summed E-state index contributed by atoms with van der Waals surface area (Å²) in [6, 6.07) is 6.26. The second-order valence-corrected chi connectivity index (χ2v) is 9.22. The van der Waals surface area contributed by atoms with Gasteiger partial charge in [0.1, 0.15) is 10.0 Å². The van der Waals surface area contributed by atoms with E-state index in [9.17, 15) is 13.2 Å². The van der Waals surface area contributed by atoms with Crippen LogP contribution in [0, 0.1) is 6.92 Å².